The van der Waals surface area contributed by atoms with Crippen LogP contribution in [0, 0.1) is 0 Å². The lowest BCUT2D eigenvalue weighted by Gasteiger charge is -2.29. The normalized spacial score (nSPS) is 14.8. The first kappa shape index (κ1) is 27.0. The Kier molecular flexibility index (Phi) is 14.4. The summed E-state index contributed by atoms with van der Waals surface area (Å²) in [5.41, 5.74) is 3.95. The molecule has 1 atom stereocenters. The van der Waals surface area contributed by atoms with Gasteiger partial charge in [-0.15, -0.1) is 0 Å². The van der Waals surface area contributed by atoms with Crippen LogP contribution in [0.25, 0.3) is 0 Å². The van der Waals surface area contributed by atoms with Crippen LogP contribution < -0.4 is 0 Å². The highest BCUT2D eigenvalue weighted by Crippen LogP contribution is 2.26. The molecule has 0 fully saturated rings. The van der Waals surface area contributed by atoms with Crippen molar-refractivity contribution in [2.45, 2.75) is 111 Å². The SMILES string of the molecule is CC(=O)O[C@@](C)(CC/C=C(\C)CC/C=C(\C)CCC=C(C)C)CCSC(C)C. The molecule has 0 bridgehead atoms. The van der Waals surface area contributed by atoms with Crippen LogP contribution in [0.4, 0.5) is 0 Å². The fourth-order valence-electron chi connectivity index (χ4n) is 3.05. The molecule has 3 heteroatoms. The summed E-state index contributed by atoms with van der Waals surface area (Å²) in [5.74, 6) is 0.854. The summed E-state index contributed by atoms with van der Waals surface area (Å²) in [5, 5.41) is 0.613. The van der Waals surface area contributed by atoms with Gasteiger partial charge in [0, 0.05) is 6.92 Å². The van der Waals surface area contributed by atoms with Gasteiger partial charge in [0.05, 0.1) is 0 Å². The molecular formula is C25H44O2S. The zero-order valence-electron chi connectivity index (χ0n) is 19.7. The van der Waals surface area contributed by atoms with Crippen LogP contribution in [0.15, 0.2) is 34.9 Å². The Hall–Kier alpha value is -0.960. The van der Waals surface area contributed by atoms with E-state index >= 15 is 0 Å². The first-order chi connectivity index (χ1) is 13.0. The van der Waals surface area contributed by atoms with E-state index in [4.69, 9.17) is 4.74 Å². The highest BCUT2D eigenvalue weighted by molar-refractivity contribution is 7.99. The minimum Gasteiger partial charge on any atom is -0.460 e. The molecule has 0 aromatic carbocycles. The molecule has 0 heterocycles. The topological polar surface area (TPSA) is 26.3 Å². The number of allylic oxidation sites excluding steroid dienone is 6. The summed E-state index contributed by atoms with van der Waals surface area (Å²) in [4.78, 5) is 11.5. The lowest BCUT2D eigenvalue weighted by molar-refractivity contribution is -0.156. The third-order valence-electron chi connectivity index (χ3n) is 4.76. The van der Waals surface area contributed by atoms with Crippen molar-refractivity contribution < 1.29 is 9.53 Å². The Balaban J connectivity index is 4.41. The standard InChI is InChI=1S/C25H44O2S/c1-20(2)12-9-13-22(5)14-10-15-23(6)16-11-17-25(8,27-24(7)26)18-19-28-21(3)4/h12,14,16,21H,9-11,13,15,17-19H2,1-8H3/b22-14+,23-16+/t25-/m0/s1. The monoisotopic (exact) mass is 408 g/mol. The summed E-state index contributed by atoms with van der Waals surface area (Å²) >= 11 is 1.93. The van der Waals surface area contributed by atoms with Crippen LogP contribution in [0.5, 0.6) is 0 Å². The second-order valence-corrected chi connectivity index (χ2v) is 10.4. The fraction of sp³-hybridized carbons (Fsp3) is 0.720. The first-order valence-electron chi connectivity index (χ1n) is 10.8. The van der Waals surface area contributed by atoms with Gasteiger partial charge in [-0.05, 0) is 90.6 Å². The fourth-order valence-corrected chi connectivity index (χ4v) is 4.07. The van der Waals surface area contributed by atoms with E-state index in [-0.39, 0.29) is 11.6 Å². The molecule has 0 rings (SSSR count). The Morgan fingerprint density at radius 3 is 1.93 bits per heavy atom. The van der Waals surface area contributed by atoms with Gasteiger partial charge < -0.3 is 4.74 Å². The number of hydrogen-bond donors (Lipinski definition) is 0. The summed E-state index contributed by atoms with van der Waals surface area (Å²) in [7, 11) is 0. The summed E-state index contributed by atoms with van der Waals surface area (Å²) < 4.78 is 5.67. The molecule has 0 saturated carbocycles. The molecule has 0 aromatic heterocycles. The van der Waals surface area contributed by atoms with E-state index in [1.165, 1.54) is 23.6 Å². The van der Waals surface area contributed by atoms with E-state index in [2.05, 4.69) is 66.7 Å². The Morgan fingerprint density at radius 1 is 0.893 bits per heavy atom. The third-order valence-corrected chi connectivity index (χ3v) is 5.87. The molecule has 2 nitrogen and oxygen atoms in total. The van der Waals surface area contributed by atoms with Gasteiger partial charge in [-0.25, -0.2) is 0 Å². The van der Waals surface area contributed by atoms with E-state index in [1.54, 1.807) is 0 Å². The Morgan fingerprint density at radius 2 is 1.43 bits per heavy atom. The van der Waals surface area contributed by atoms with Crippen LogP contribution in [0.3, 0.4) is 0 Å². The number of ether oxygens (including phenoxy) is 1. The molecule has 0 unspecified atom stereocenters. The van der Waals surface area contributed by atoms with Crippen molar-refractivity contribution in [3.63, 3.8) is 0 Å². The third kappa shape index (κ3) is 16.0. The van der Waals surface area contributed by atoms with Crippen LogP contribution in [-0.4, -0.2) is 22.6 Å². The molecule has 0 aromatic rings. The van der Waals surface area contributed by atoms with Gasteiger partial charge in [0.2, 0.25) is 0 Å². The van der Waals surface area contributed by atoms with E-state index < -0.39 is 0 Å². The van der Waals surface area contributed by atoms with E-state index in [1.807, 2.05) is 11.8 Å². The minimum atomic E-state index is -0.355. The first-order valence-corrected chi connectivity index (χ1v) is 11.8. The Labute approximate surface area is 179 Å². The zero-order valence-corrected chi connectivity index (χ0v) is 20.5. The number of thioether (sulfide) groups is 1. The van der Waals surface area contributed by atoms with Gasteiger partial charge in [0.15, 0.2) is 0 Å². The highest BCUT2D eigenvalue weighted by Gasteiger charge is 2.26. The molecule has 0 radical (unpaired) electrons. The molecular weight excluding hydrogens is 364 g/mol. The van der Waals surface area contributed by atoms with Crippen LogP contribution >= 0.6 is 11.8 Å². The lowest BCUT2D eigenvalue weighted by atomic mass is 9.95. The molecule has 162 valence electrons. The smallest absolute Gasteiger partial charge is 0.303 e. The van der Waals surface area contributed by atoms with Gasteiger partial charge >= 0.3 is 5.97 Å². The summed E-state index contributed by atoms with van der Waals surface area (Å²) in [6.45, 7) is 16.8. The second-order valence-electron chi connectivity index (χ2n) is 8.71. The maximum absolute atomic E-state index is 11.5. The highest BCUT2D eigenvalue weighted by atomic mass is 32.2. The number of carbonyl (C=O) groups excluding carboxylic acids is 1. The van der Waals surface area contributed by atoms with Crippen LogP contribution in [-0.2, 0) is 9.53 Å². The quantitative estimate of drug-likeness (QED) is 0.215. The van der Waals surface area contributed by atoms with Gasteiger partial charge in [-0.2, -0.15) is 11.8 Å². The zero-order chi connectivity index (χ0) is 21.6. The van der Waals surface area contributed by atoms with Crippen molar-refractivity contribution in [2.75, 3.05) is 5.75 Å². The average Bonchev–Trinajstić information content (AvgIpc) is 2.53. The van der Waals surface area contributed by atoms with Crippen molar-refractivity contribution in [1.29, 1.82) is 0 Å². The number of esters is 1. The number of carbonyl (C=O) groups is 1. The predicted molar refractivity (Wildman–Crippen MR) is 127 cm³/mol. The van der Waals surface area contributed by atoms with Crippen molar-refractivity contribution in [3.05, 3.63) is 34.9 Å². The maximum Gasteiger partial charge on any atom is 0.303 e. The predicted octanol–water partition coefficient (Wildman–Crippen LogP) is 8.04. The number of rotatable bonds is 14. The van der Waals surface area contributed by atoms with Gasteiger partial charge in [-0.1, -0.05) is 48.8 Å². The van der Waals surface area contributed by atoms with Gasteiger partial charge in [0.1, 0.15) is 5.60 Å². The van der Waals surface area contributed by atoms with Crippen molar-refractivity contribution in [2.24, 2.45) is 0 Å². The van der Waals surface area contributed by atoms with E-state index in [0.29, 0.717) is 5.25 Å². The van der Waals surface area contributed by atoms with Crippen LogP contribution in [0.2, 0.25) is 0 Å². The van der Waals surface area contributed by atoms with Crippen LogP contribution in [0.1, 0.15) is 100 Å². The maximum atomic E-state index is 11.5. The van der Waals surface area contributed by atoms with E-state index in [9.17, 15) is 4.79 Å². The minimum absolute atomic E-state index is 0.175. The lowest BCUT2D eigenvalue weighted by Crippen LogP contribution is -2.31. The second kappa shape index (κ2) is 15.0. The molecule has 0 N–H and O–H groups in total. The van der Waals surface area contributed by atoms with Gasteiger partial charge in [-0.3, -0.25) is 4.79 Å². The van der Waals surface area contributed by atoms with Crippen molar-refractivity contribution >= 4 is 17.7 Å². The van der Waals surface area contributed by atoms with E-state index in [0.717, 1.165) is 50.7 Å². The molecule has 0 aliphatic rings. The van der Waals surface area contributed by atoms with Gasteiger partial charge in [0.25, 0.3) is 0 Å². The molecule has 28 heavy (non-hydrogen) atoms. The Bertz CT molecular complexity index is 539. The molecule has 0 amide bonds. The summed E-state index contributed by atoms with van der Waals surface area (Å²) in [6, 6.07) is 0. The molecule has 0 saturated heterocycles. The average molecular weight is 409 g/mol. The van der Waals surface area contributed by atoms with Crippen molar-refractivity contribution in [1.82, 2.24) is 0 Å². The molecule has 0 aliphatic carbocycles. The van der Waals surface area contributed by atoms with Crippen molar-refractivity contribution in [3.8, 4) is 0 Å². The summed E-state index contributed by atoms with van der Waals surface area (Å²) in [6.07, 6.45) is 14.3. The number of hydrogen-bond acceptors (Lipinski definition) is 3. The molecule has 0 aliphatic heterocycles. The largest absolute Gasteiger partial charge is 0.460 e. The molecule has 0 spiro atoms.